The predicted molar refractivity (Wildman–Crippen MR) is 39.8 cm³/mol. The molecule has 12 heavy (non-hydrogen) atoms. The average Bonchev–Trinajstić information content (AvgIpc) is 2.01. The quantitative estimate of drug-likeness (QED) is 0.572. The van der Waals surface area contributed by atoms with Crippen molar-refractivity contribution in [2.45, 2.75) is 6.10 Å². The van der Waals surface area contributed by atoms with Crippen LogP contribution in [0, 0.1) is 11.8 Å². The zero-order valence-electron chi connectivity index (χ0n) is 5.97. The Hall–Kier alpha value is -0.740. The Morgan fingerprint density at radius 2 is 2.17 bits per heavy atom. The van der Waals surface area contributed by atoms with E-state index < -0.39 is 17.9 Å². The fourth-order valence-electron chi connectivity index (χ4n) is 0.734. The maximum absolute atomic E-state index is 12.5. The minimum absolute atomic E-state index is 0.0949. The van der Waals surface area contributed by atoms with E-state index >= 15 is 0 Å². The SMILES string of the molecule is OC(CCl)c1cc(F)cc(F)n1. The maximum atomic E-state index is 12.5. The second kappa shape index (κ2) is 3.78. The third-order valence-electron chi connectivity index (χ3n) is 1.27. The Kier molecular flexibility index (Phi) is 2.94. The minimum Gasteiger partial charge on any atom is -0.386 e. The second-order valence-electron chi connectivity index (χ2n) is 2.20. The fourth-order valence-corrected chi connectivity index (χ4v) is 0.892. The summed E-state index contributed by atoms with van der Waals surface area (Å²) >= 11 is 5.26. The van der Waals surface area contributed by atoms with Crippen molar-refractivity contribution in [3.8, 4) is 0 Å². The predicted octanol–water partition coefficient (Wildman–Crippen LogP) is 1.63. The fraction of sp³-hybridized carbons (Fsp3) is 0.286. The summed E-state index contributed by atoms with van der Waals surface area (Å²) in [5.41, 5.74) is -0.0949. The lowest BCUT2D eigenvalue weighted by Gasteiger charge is -2.05. The molecule has 1 N–H and O–H groups in total. The molecule has 66 valence electrons. The number of rotatable bonds is 2. The van der Waals surface area contributed by atoms with Gasteiger partial charge in [-0.05, 0) is 6.07 Å². The van der Waals surface area contributed by atoms with Gasteiger partial charge in [-0.1, -0.05) is 0 Å². The van der Waals surface area contributed by atoms with Crippen LogP contribution in [0.3, 0.4) is 0 Å². The first kappa shape index (κ1) is 9.35. The van der Waals surface area contributed by atoms with Crippen LogP contribution in [0.2, 0.25) is 0 Å². The van der Waals surface area contributed by atoms with Crippen LogP contribution in [-0.2, 0) is 0 Å². The number of aromatic nitrogens is 1. The lowest BCUT2D eigenvalue weighted by molar-refractivity contribution is 0.195. The first-order chi connectivity index (χ1) is 5.63. The molecular weight excluding hydrogens is 188 g/mol. The number of aliphatic hydroxyl groups is 1. The minimum atomic E-state index is -1.13. The molecule has 0 aliphatic carbocycles. The largest absolute Gasteiger partial charge is 0.386 e. The lowest BCUT2D eigenvalue weighted by atomic mass is 10.2. The summed E-state index contributed by atoms with van der Waals surface area (Å²) in [4.78, 5) is 3.26. The van der Waals surface area contributed by atoms with Crippen LogP contribution in [0.25, 0.3) is 0 Å². The Balaban J connectivity index is 3.00. The summed E-state index contributed by atoms with van der Waals surface area (Å²) in [6.45, 7) is 0. The molecule has 1 atom stereocenters. The summed E-state index contributed by atoms with van der Waals surface area (Å²) in [5.74, 6) is -1.88. The molecule has 0 spiro atoms. The van der Waals surface area contributed by atoms with Gasteiger partial charge in [-0.2, -0.15) is 4.39 Å². The molecule has 1 heterocycles. The number of nitrogens with zero attached hydrogens (tertiary/aromatic N) is 1. The van der Waals surface area contributed by atoms with E-state index in [2.05, 4.69) is 4.98 Å². The van der Waals surface area contributed by atoms with Crippen LogP contribution in [0.15, 0.2) is 12.1 Å². The van der Waals surface area contributed by atoms with E-state index in [1.54, 1.807) is 0 Å². The van der Waals surface area contributed by atoms with Crippen molar-refractivity contribution in [1.82, 2.24) is 4.98 Å². The summed E-state index contributed by atoms with van der Waals surface area (Å²) in [6, 6.07) is 1.57. The van der Waals surface area contributed by atoms with E-state index in [1.165, 1.54) is 0 Å². The molecule has 0 aromatic carbocycles. The first-order valence-electron chi connectivity index (χ1n) is 3.20. The van der Waals surface area contributed by atoms with Gasteiger partial charge in [0.15, 0.2) is 0 Å². The van der Waals surface area contributed by atoms with E-state index in [0.29, 0.717) is 6.07 Å². The van der Waals surface area contributed by atoms with Gasteiger partial charge in [0.25, 0.3) is 0 Å². The van der Waals surface area contributed by atoms with Crippen molar-refractivity contribution in [2.75, 3.05) is 5.88 Å². The summed E-state index contributed by atoms with van der Waals surface area (Å²) < 4.78 is 24.9. The Morgan fingerprint density at radius 1 is 1.50 bits per heavy atom. The zero-order chi connectivity index (χ0) is 9.14. The Morgan fingerprint density at radius 3 is 2.67 bits per heavy atom. The highest BCUT2D eigenvalue weighted by Gasteiger charge is 2.10. The van der Waals surface area contributed by atoms with E-state index in [9.17, 15) is 8.78 Å². The molecule has 2 nitrogen and oxygen atoms in total. The standard InChI is InChI=1S/C7H6ClF2NO/c8-3-6(12)5-1-4(9)2-7(10)11-5/h1-2,6,12H,3H2. The van der Waals surface area contributed by atoms with Gasteiger partial charge in [0.2, 0.25) is 5.95 Å². The maximum Gasteiger partial charge on any atom is 0.216 e. The van der Waals surface area contributed by atoms with E-state index in [4.69, 9.17) is 16.7 Å². The molecule has 0 amide bonds. The lowest BCUT2D eigenvalue weighted by Crippen LogP contribution is -2.03. The Bertz CT molecular complexity index is 262. The number of hydrogen-bond donors (Lipinski definition) is 1. The van der Waals surface area contributed by atoms with Gasteiger partial charge in [0, 0.05) is 6.07 Å². The third kappa shape index (κ3) is 2.12. The van der Waals surface area contributed by atoms with Crippen LogP contribution in [0.5, 0.6) is 0 Å². The molecule has 1 unspecified atom stereocenters. The molecule has 1 aromatic heterocycles. The molecule has 0 saturated carbocycles. The van der Waals surface area contributed by atoms with Crippen LogP contribution >= 0.6 is 11.6 Å². The van der Waals surface area contributed by atoms with Gasteiger partial charge in [0.1, 0.15) is 11.9 Å². The molecule has 0 saturated heterocycles. The monoisotopic (exact) mass is 193 g/mol. The van der Waals surface area contributed by atoms with Crippen LogP contribution in [0.4, 0.5) is 8.78 Å². The summed E-state index contributed by atoms with van der Waals surface area (Å²) in [7, 11) is 0. The van der Waals surface area contributed by atoms with Gasteiger partial charge in [-0.3, -0.25) is 0 Å². The van der Waals surface area contributed by atoms with Gasteiger partial charge in [-0.15, -0.1) is 11.6 Å². The van der Waals surface area contributed by atoms with Crippen molar-refractivity contribution < 1.29 is 13.9 Å². The van der Waals surface area contributed by atoms with Crippen LogP contribution in [0.1, 0.15) is 11.8 Å². The van der Waals surface area contributed by atoms with Crippen molar-refractivity contribution in [3.05, 3.63) is 29.6 Å². The average molecular weight is 194 g/mol. The highest BCUT2D eigenvalue weighted by Crippen LogP contribution is 2.13. The Labute approximate surface area is 72.8 Å². The first-order valence-corrected chi connectivity index (χ1v) is 3.74. The van der Waals surface area contributed by atoms with Crippen molar-refractivity contribution in [2.24, 2.45) is 0 Å². The second-order valence-corrected chi connectivity index (χ2v) is 2.51. The van der Waals surface area contributed by atoms with Gasteiger partial charge >= 0.3 is 0 Å². The molecule has 0 bridgehead atoms. The van der Waals surface area contributed by atoms with E-state index in [0.717, 1.165) is 6.07 Å². The third-order valence-corrected chi connectivity index (χ3v) is 1.56. The molecule has 5 heteroatoms. The molecule has 1 aromatic rings. The smallest absolute Gasteiger partial charge is 0.216 e. The van der Waals surface area contributed by atoms with Crippen molar-refractivity contribution >= 4 is 11.6 Å². The number of halogens is 3. The van der Waals surface area contributed by atoms with Crippen LogP contribution < -0.4 is 0 Å². The highest BCUT2D eigenvalue weighted by atomic mass is 35.5. The van der Waals surface area contributed by atoms with Gasteiger partial charge in [-0.25, -0.2) is 9.37 Å². The zero-order valence-corrected chi connectivity index (χ0v) is 6.72. The van der Waals surface area contributed by atoms with Crippen molar-refractivity contribution in [3.63, 3.8) is 0 Å². The molecule has 1 rings (SSSR count). The molecule has 0 fully saturated rings. The number of hydrogen-bond acceptors (Lipinski definition) is 2. The van der Waals surface area contributed by atoms with E-state index in [1.807, 2.05) is 0 Å². The summed E-state index contributed by atoms with van der Waals surface area (Å²) in [6.07, 6.45) is -1.13. The summed E-state index contributed by atoms with van der Waals surface area (Å²) in [5, 5.41) is 9.05. The number of aliphatic hydroxyl groups excluding tert-OH is 1. The molecular formula is C7H6ClF2NO. The molecule has 0 aliphatic rings. The molecule has 0 aliphatic heterocycles. The van der Waals surface area contributed by atoms with Gasteiger partial charge in [0.05, 0.1) is 11.6 Å². The van der Waals surface area contributed by atoms with Gasteiger partial charge < -0.3 is 5.11 Å². The highest BCUT2D eigenvalue weighted by molar-refractivity contribution is 6.18. The van der Waals surface area contributed by atoms with Crippen molar-refractivity contribution in [1.29, 1.82) is 0 Å². The number of pyridine rings is 1. The topological polar surface area (TPSA) is 33.1 Å². The normalized spacial score (nSPS) is 13.0. The molecule has 0 radical (unpaired) electrons. The van der Waals surface area contributed by atoms with Crippen LogP contribution in [-0.4, -0.2) is 16.0 Å². The van der Waals surface area contributed by atoms with E-state index in [-0.39, 0.29) is 11.6 Å². The number of alkyl halides is 1.